The Morgan fingerprint density at radius 1 is 1.53 bits per heavy atom. The maximum absolute atomic E-state index is 5.51. The van der Waals surface area contributed by atoms with E-state index in [4.69, 9.17) is 11.2 Å². The summed E-state index contributed by atoms with van der Waals surface area (Å²) in [6.07, 6.45) is 6.31. The van der Waals surface area contributed by atoms with Crippen LogP contribution in [-0.2, 0) is 6.54 Å². The van der Waals surface area contributed by atoms with Gasteiger partial charge in [-0.25, -0.2) is 0 Å². The van der Waals surface area contributed by atoms with Gasteiger partial charge < -0.3 is 10.1 Å². The van der Waals surface area contributed by atoms with Crippen molar-refractivity contribution in [3.8, 4) is 18.1 Å². The molecular formula is C14H18BrNO. The highest BCUT2D eigenvalue weighted by atomic mass is 79.9. The molecule has 0 saturated carbocycles. The summed E-state index contributed by atoms with van der Waals surface area (Å²) in [5.74, 6) is 3.33. The Balaban J connectivity index is 2.73. The lowest BCUT2D eigenvalue weighted by molar-refractivity contribution is 0.363. The molecule has 2 nitrogen and oxygen atoms in total. The minimum atomic E-state index is 0.304. The fourth-order valence-corrected chi connectivity index (χ4v) is 1.78. The molecule has 1 aromatic rings. The largest absolute Gasteiger partial charge is 0.481 e. The summed E-state index contributed by atoms with van der Waals surface area (Å²) in [4.78, 5) is 0. The lowest BCUT2D eigenvalue weighted by Crippen LogP contribution is -2.24. The first kappa shape index (κ1) is 14.1. The Hall–Kier alpha value is -0.980. The monoisotopic (exact) mass is 295 g/mol. The predicted octanol–water partition coefficient (Wildman–Crippen LogP) is 3.35. The van der Waals surface area contributed by atoms with Crippen LogP contribution in [0.3, 0.4) is 0 Å². The normalized spacial score (nSPS) is 11.9. The number of benzene rings is 1. The van der Waals surface area contributed by atoms with Crippen molar-refractivity contribution in [3.63, 3.8) is 0 Å². The second-order valence-electron chi connectivity index (χ2n) is 3.94. The Kier molecular flexibility index (Phi) is 6.10. The summed E-state index contributed by atoms with van der Waals surface area (Å²) >= 11 is 3.46. The topological polar surface area (TPSA) is 21.3 Å². The van der Waals surface area contributed by atoms with Crippen LogP contribution in [0.4, 0.5) is 0 Å². The second kappa shape index (κ2) is 7.37. The molecule has 17 heavy (non-hydrogen) atoms. The molecule has 0 radical (unpaired) electrons. The van der Waals surface area contributed by atoms with Crippen molar-refractivity contribution < 1.29 is 4.74 Å². The number of halogens is 1. The molecule has 1 rings (SSSR count). The van der Waals surface area contributed by atoms with E-state index in [9.17, 15) is 0 Å². The van der Waals surface area contributed by atoms with Crippen molar-refractivity contribution in [2.24, 2.45) is 0 Å². The highest BCUT2D eigenvalue weighted by Gasteiger charge is 2.06. The maximum atomic E-state index is 5.51. The predicted molar refractivity (Wildman–Crippen MR) is 75.1 cm³/mol. The molecule has 0 aliphatic heterocycles. The zero-order valence-electron chi connectivity index (χ0n) is 10.3. The van der Waals surface area contributed by atoms with Crippen molar-refractivity contribution in [3.05, 3.63) is 28.2 Å². The van der Waals surface area contributed by atoms with E-state index in [2.05, 4.69) is 47.1 Å². The molecule has 0 heterocycles. The molecule has 1 unspecified atom stereocenters. The molecule has 1 aromatic carbocycles. The standard InChI is InChI=1S/C14H18BrNO/c1-4-8-17-14-7-6-13(15)9-12(14)10-16-11(3)5-2/h1,6-7,9,11,16H,5,8,10H2,2-3H3. The highest BCUT2D eigenvalue weighted by Crippen LogP contribution is 2.23. The SMILES string of the molecule is C#CCOc1ccc(Br)cc1CNC(C)CC. The first-order valence-electron chi connectivity index (χ1n) is 5.75. The first-order chi connectivity index (χ1) is 8.17. The van der Waals surface area contributed by atoms with Crippen LogP contribution in [0.25, 0.3) is 0 Å². The van der Waals surface area contributed by atoms with Crippen molar-refractivity contribution in [2.75, 3.05) is 6.61 Å². The molecule has 0 saturated heterocycles. The molecule has 1 N–H and O–H groups in total. The van der Waals surface area contributed by atoms with Crippen LogP contribution >= 0.6 is 15.9 Å². The van der Waals surface area contributed by atoms with Gasteiger partial charge in [-0.05, 0) is 31.5 Å². The third-order valence-electron chi connectivity index (χ3n) is 2.59. The van der Waals surface area contributed by atoms with Gasteiger partial charge in [0.1, 0.15) is 12.4 Å². The van der Waals surface area contributed by atoms with E-state index < -0.39 is 0 Å². The number of ether oxygens (including phenoxy) is 1. The summed E-state index contributed by atoms with van der Waals surface area (Å²) < 4.78 is 6.56. The third kappa shape index (κ3) is 4.80. The summed E-state index contributed by atoms with van der Waals surface area (Å²) in [6, 6.07) is 6.45. The molecule has 0 aliphatic carbocycles. The number of hydrogen-bond acceptors (Lipinski definition) is 2. The van der Waals surface area contributed by atoms with Gasteiger partial charge in [0, 0.05) is 22.6 Å². The van der Waals surface area contributed by atoms with Crippen LogP contribution in [0.15, 0.2) is 22.7 Å². The molecule has 0 fully saturated rings. The zero-order valence-corrected chi connectivity index (χ0v) is 11.9. The van der Waals surface area contributed by atoms with E-state index in [0.717, 1.165) is 28.8 Å². The van der Waals surface area contributed by atoms with E-state index in [1.807, 2.05) is 12.1 Å². The Morgan fingerprint density at radius 3 is 2.94 bits per heavy atom. The van der Waals surface area contributed by atoms with E-state index in [1.54, 1.807) is 0 Å². The van der Waals surface area contributed by atoms with Gasteiger partial charge in [0.15, 0.2) is 0 Å². The lowest BCUT2D eigenvalue weighted by atomic mass is 10.2. The molecule has 0 spiro atoms. The minimum Gasteiger partial charge on any atom is -0.481 e. The van der Waals surface area contributed by atoms with Gasteiger partial charge in [-0.2, -0.15) is 0 Å². The van der Waals surface area contributed by atoms with Crippen LogP contribution in [0.2, 0.25) is 0 Å². The van der Waals surface area contributed by atoms with Crippen LogP contribution in [0.5, 0.6) is 5.75 Å². The molecule has 0 aromatic heterocycles. The Bertz CT molecular complexity index is 398. The van der Waals surface area contributed by atoms with Gasteiger partial charge in [0.05, 0.1) is 0 Å². The summed E-state index contributed by atoms with van der Waals surface area (Å²) in [5, 5.41) is 3.44. The van der Waals surface area contributed by atoms with Crippen LogP contribution in [0.1, 0.15) is 25.8 Å². The number of terminal acetylenes is 1. The van der Waals surface area contributed by atoms with Crippen molar-refractivity contribution in [1.29, 1.82) is 0 Å². The van der Waals surface area contributed by atoms with Gasteiger partial charge >= 0.3 is 0 Å². The van der Waals surface area contributed by atoms with E-state index in [-0.39, 0.29) is 0 Å². The van der Waals surface area contributed by atoms with Crippen molar-refractivity contribution in [2.45, 2.75) is 32.9 Å². The lowest BCUT2D eigenvalue weighted by Gasteiger charge is -2.14. The molecule has 0 aliphatic rings. The van der Waals surface area contributed by atoms with Gasteiger partial charge in [0.25, 0.3) is 0 Å². The smallest absolute Gasteiger partial charge is 0.148 e. The molecular weight excluding hydrogens is 278 g/mol. The summed E-state index contributed by atoms with van der Waals surface area (Å²) in [6.45, 7) is 5.42. The fourth-order valence-electron chi connectivity index (χ4n) is 1.37. The maximum Gasteiger partial charge on any atom is 0.148 e. The fraction of sp³-hybridized carbons (Fsp3) is 0.429. The molecule has 0 bridgehead atoms. The van der Waals surface area contributed by atoms with Gasteiger partial charge in [-0.3, -0.25) is 0 Å². The number of nitrogens with one attached hydrogen (secondary N) is 1. The Labute approximate surface area is 112 Å². The van der Waals surface area contributed by atoms with Gasteiger partial charge in [-0.1, -0.05) is 28.8 Å². The Morgan fingerprint density at radius 2 is 2.29 bits per heavy atom. The molecule has 3 heteroatoms. The molecule has 0 amide bonds. The van der Waals surface area contributed by atoms with E-state index in [0.29, 0.717) is 12.6 Å². The minimum absolute atomic E-state index is 0.304. The van der Waals surface area contributed by atoms with Gasteiger partial charge in [0.2, 0.25) is 0 Å². The highest BCUT2D eigenvalue weighted by molar-refractivity contribution is 9.10. The number of rotatable bonds is 6. The third-order valence-corrected chi connectivity index (χ3v) is 3.08. The van der Waals surface area contributed by atoms with Crippen LogP contribution in [-0.4, -0.2) is 12.6 Å². The summed E-state index contributed by atoms with van der Waals surface area (Å²) in [5.41, 5.74) is 1.12. The number of hydrogen-bond donors (Lipinski definition) is 1. The van der Waals surface area contributed by atoms with E-state index >= 15 is 0 Å². The average molecular weight is 296 g/mol. The second-order valence-corrected chi connectivity index (χ2v) is 4.85. The van der Waals surface area contributed by atoms with Crippen molar-refractivity contribution >= 4 is 15.9 Å². The average Bonchev–Trinajstić information content (AvgIpc) is 2.34. The van der Waals surface area contributed by atoms with Crippen LogP contribution < -0.4 is 10.1 Å². The van der Waals surface area contributed by atoms with Gasteiger partial charge in [-0.15, -0.1) is 6.42 Å². The molecule has 1 atom stereocenters. The molecule has 92 valence electrons. The summed E-state index contributed by atoms with van der Waals surface area (Å²) in [7, 11) is 0. The van der Waals surface area contributed by atoms with Crippen molar-refractivity contribution in [1.82, 2.24) is 5.32 Å². The first-order valence-corrected chi connectivity index (χ1v) is 6.54. The zero-order chi connectivity index (χ0) is 12.7. The quantitative estimate of drug-likeness (QED) is 0.813. The van der Waals surface area contributed by atoms with E-state index in [1.165, 1.54) is 0 Å². The van der Waals surface area contributed by atoms with Crippen LogP contribution in [0, 0.1) is 12.3 Å².